The maximum absolute atomic E-state index is 10.7. The van der Waals surface area contributed by atoms with Crippen molar-refractivity contribution >= 4 is 33.2 Å². The Bertz CT molecular complexity index is 1250. The van der Waals surface area contributed by atoms with Crippen LogP contribution >= 0.6 is 15.9 Å². The number of benzene rings is 3. The third-order valence-electron chi connectivity index (χ3n) is 5.78. The molecule has 0 saturated carbocycles. The molecule has 0 fully saturated rings. The topological polar surface area (TPSA) is 44.1 Å². The van der Waals surface area contributed by atoms with Crippen molar-refractivity contribution in [1.82, 2.24) is 9.55 Å². The van der Waals surface area contributed by atoms with E-state index in [1.54, 1.807) is 0 Å². The van der Waals surface area contributed by atoms with Crippen molar-refractivity contribution in [2.24, 2.45) is 0 Å². The van der Waals surface area contributed by atoms with Gasteiger partial charge in [-0.15, -0.1) is 0 Å². The van der Waals surface area contributed by atoms with E-state index in [0.717, 1.165) is 57.3 Å². The summed E-state index contributed by atoms with van der Waals surface area (Å²) in [6.45, 7) is 5.39. The van der Waals surface area contributed by atoms with Crippen LogP contribution in [0.1, 0.15) is 41.4 Å². The fourth-order valence-corrected chi connectivity index (χ4v) is 4.44. The predicted octanol–water partition coefficient (Wildman–Crippen LogP) is 6.43. The molecule has 0 spiro atoms. The highest BCUT2D eigenvalue weighted by Crippen LogP contribution is 2.26. The first-order valence-electron chi connectivity index (χ1n) is 11.0. The fourth-order valence-electron chi connectivity index (χ4n) is 4.09. The average Bonchev–Trinajstić information content (AvgIpc) is 3.11. The number of ether oxygens (including phenoxy) is 1. The molecule has 4 rings (SSSR count). The van der Waals surface area contributed by atoms with Gasteiger partial charge in [0.05, 0.1) is 17.6 Å². The number of aryl methyl sites for hydroxylation is 3. The number of hydrogen-bond donors (Lipinski definition) is 0. The van der Waals surface area contributed by atoms with Crippen molar-refractivity contribution in [3.8, 4) is 5.75 Å². The molecule has 0 aliphatic heterocycles. The lowest BCUT2D eigenvalue weighted by molar-refractivity contribution is -0.107. The van der Waals surface area contributed by atoms with E-state index >= 15 is 0 Å². The summed E-state index contributed by atoms with van der Waals surface area (Å²) < 4.78 is 9.52. The molecule has 4 aromatic rings. The van der Waals surface area contributed by atoms with Gasteiger partial charge in [-0.2, -0.15) is 0 Å². The molecule has 0 saturated heterocycles. The minimum atomic E-state index is 0.509. The molecule has 0 radical (unpaired) electrons. The molecule has 5 heteroatoms. The van der Waals surface area contributed by atoms with Crippen LogP contribution in [0.3, 0.4) is 0 Å². The summed E-state index contributed by atoms with van der Waals surface area (Å²) in [4.78, 5) is 15.4. The maximum Gasteiger partial charge on any atom is 0.124 e. The number of imidazole rings is 1. The van der Waals surface area contributed by atoms with Gasteiger partial charge in [-0.25, -0.2) is 4.98 Å². The molecular weight excluding hydrogens is 464 g/mol. The van der Waals surface area contributed by atoms with Crippen molar-refractivity contribution in [2.45, 2.75) is 46.3 Å². The van der Waals surface area contributed by atoms with E-state index in [4.69, 9.17) is 9.72 Å². The number of nitrogens with zero attached hydrogens (tertiary/aromatic N) is 2. The second-order valence-corrected chi connectivity index (χ2v) is 8.85. The Hall–Kier alpha value is -2.92. The highest BCUT2D eigenvalue weighted by atomic mass is 79.9. The Morgan fingerprint density at radius 2 is 1.88 bits per heavy atom. The summed E-state index contributed by atoms with van der Waals surface area (Å²) in [6.07, 6.45) is 3.29. The van der Waals surface area contributed by atoms with Crippen LogP contribution < -0.4 is 4.74 Å². The molecule has 4 nitrogen and oxygen atoms in total. The van der Waals surface area contributed by atoms with Gasteiger partial charge in [-0.1, -0.05) is 59.3 Å². The quantitative estimate of drug-likeness (QED) is 0.254. The van der Waals surface area contributed by atoms with E-state index in [1.807, 2.05) is 37.3 Å². The standard InChI is InChI=1S/C27H27BrN2O2/c1-3-21-15-20(10-11-22(21)8-6-14-31)18-32-27-9-5-4-7-23(27)17-30-19(2)29-25-16-24(28)12-13-26(25)30/h4-5,7,9-16H,3,6,8,17-18H2,1-2H3. The lowest BCUT2D eigenvalue weighted by atomic mass is 9.99. The number of aromatic nitrogens is 2. The smallest absolute Gasteiger partial charge is 0.124 e. The van der Waals surface area contributed by atoms with E-state index in [1.165, 1.54) is 11.1 Å². The van der Waals surface area contributed by atoms with Gasteiger partial charge in [-0.3, -0.25) is 0 Å². The third kappa shape index (κ3) is 4.94. The molecular formula is C27H27BrN2O2. The first kappa shape index (κ1) is 22.3. The minimum Gasteiger partial charge on any atom is -0.489 e. The number of aldehydes is 1. The summed E-state index contributed by atoms with van der Waals surface area (Å²) in [5.41, 5.74) is 6.89. The third-order valence-corrected chi connectivity index (χ3v) is 6.27. The van der Waals surface area contributed by atoms with E-state index in [-0.39, 0.29) is 0 Å². The highest BCUT2D eigenvalue weighted by molar-refractivity contribution is 9.10. The number of hydrogen-bond acceptors (Lipinski definition) is 3. The van der Waals surface area contributed by atoms with Crippen LogP contribution in [0.4, 0.5) is 0 Å². The monoisotopic (exact) mass is 490 g/mol. The molecule has 0 N–H and O–H groups in total. The summed E-state index contributed by atoms with van der Waals surface area (Å²) in [7, 11) is 0. The summed E-state index contributed by atoms with van der Waals surface area (Å²) in [6, 6.07) is 20.8. The number of carbonyl (C=O) groups is 1. The number of rotatable bonds is 9. The minimum absolute atomic E-state index is 0.509. The lowest BCUT2D eigenvalue weighted by Gasteiger charge is -2.15. The zero-order chi connectivity index (χ0) is 22.5. The van der Waals surface area contributed by atoms with Crippen LogP contribution in [-0.4, -0.2) is 15.8 Å². The Morgan fingerprint density at radius 1 is 1.03 bits per heavy atom. The number of para-hydroxylation sites is 1. The Balaban J connectivity index is 1.54. The van der Waals surface area contributed by atoms with Crippen molar-refractivity contribution in [3.63, 3.8) is 0 Å². The summed E-state index contributed by atoms with van der Waals surface area (Å²) in [5, 5.41) is 0. The first-order chi connectivity index (χ1) is 15.6. The Labute approximate surface area is 197 Å². The summed E-state index contributed by atoms with van der Waals surface area (Å²) >= 11 is 3.53. The molecule has 0 atom stereocenters. The molecule has 1 aromatic heterocycles. The van der Waals surface area contributed by atoms with Gasteiger partial charge in [0, 0.05) is 16.5 Å². The van der Waals surface area contributed by atoms with Crippen LogP contribution in [0, 0.1) is 6.92 Å². The molecule has 0 aliphatic rings. The van der Waals surface area contributed by atoms with Gasteiger partial charge in [0.1, 0.15) is 24.5 Å². The number of halogens is 1. The zero-order valence-corrected chi connectivity index (χ0v) is 20.1. The zero-order valence-electron chi connectivity index (χ0n) is 18.5. The highest BCUT2D eigenvalue weighted by Gasteiger charge is 2.12. The molecule has 32 heavy (non-hydrogen) atoms. The largest absolute Gasteiger partial charge is 0.489 e. The molecule has 3 aromatic carbocycles. The van der Waals surface area contributed by atoms with E-state index < -0.39 is 0 Å². The van der Waals surface area contributed by atoms with Gasteiger partial charge in [-0.05, 0) is 60.7 Å². The van der Waals surface area contributed by atoms with Crippen molar-refractivity contribution in [1.29, 1.82) is 0 Å². The SMILES string of the molecule is CCc1cc(COc2ccccc2Cn2c(C)nc3cc(Br)ccc32)ccc1CCC=O. The molecule has 1 heterocycles. The van der Waals surface area contributed by atoms with Crippen molar-refractivity contribution in [2.75, 3.05) is 0 Å². The summed E-state index contributed by atoms with van der Waals surface area (Å²) in [5.74, 6) is 1.86. The fraction of sp³-hybridized carbons (Fsp3) is 0.259. The van der Waals surface area contributed by atoms with Gasteiger partial charge >= 0.3 is 0 Å². The second-order valence-electron chi connectivity index (χ2n) is 7.94. The molecule has 0 aliphatic carbocycles. The Morgan fingerprint density at radius 3 is 2.69 bits per heavy atom. The number of carbonyl (C=O) groups excluding carboxylic acids is 1. The van der Waals surface area contributed by atoms with Crippen LogP contribution in [0.5, 0.6) is 5.75 Å². The maximum atomic E-state index is 10.7. The normalized spacial score (nSPS) is 11.1. The molecule has 164 valence electrons. The molecule has 0 amide bonds. The molecule has 0 unspecified atom stereocenters. The lowest BCUT2D eigenvalue weighted by Crippen LogP contribution is -2.05. The van der Waals surface area contributed by atoms with Gasteiger partial charge in [0.25, 0.3) is 0 Å². The van der Waals surface area contributed by atoms with Crippen LogP contribution in [-0.2, 0) is 30.8 Å². The first-order valence-corrected chi connectivity index (χ1v) is 11.8. The van der Waals surface area contributed by atoms with E-state index in [0.29, 0.717) is 19.6 Å². The van der Waals surface area contributed by atoms with Crippen molar-refractivity contribution < 1.29 is 9.53 Å². The van der Waals surface area contributed by atoms with Gasteiger partial charge in [0.15, 0.2) is 0 Å². The second kappa shape index (κ2) is 10.1. The average molecular weight is 491 g/mol. The van der Waals surface area contributed by atoms with Crippen LogP contribution in [0.25, 0.3) is 11.0 Å². The molecule has 0 bridgehead atoms. The Kier molecular flexibility index (Phi) is 7.05. The van der Waals surface area contributed by atoms with E-state index in [2.05, 4.69) is 57.8 Å². The van der Waals surface area contributed by atoms with E-state index in [9.17, 15) is 4.79 Å². The van der Waals surface area contributed by atoms with Crippen LogP contribution in [0.2, 0.25) is 0 Å². The predicted molar refractivity (Wildman–Crippen MR) is 132 cm³/mol. The van der Waals surface area contributed by atoms with Crippen LogP contribution in [0.15, 0.2) is 65.1 Å². The van der Waals surface area contributed by atoms with Crippen molar-refractivity contribution in [3.05, 3.63) is 93.2 Å². The number of fused-ring (bicyclic) bond motifs is 1. The van der Waals surface area contributed by atoms with Gasteiger partial charge in [0.2, 0.25) is 0 Å². The van der Waals surface area contributed by atoms with Gasteiger partial charge < -0.3 is 14.1 Å².